The predicted octanol–water partition coefficient (Wildman–Crippen LogP) is 3.87. The van der Waals surface area contributed by atoms with Gasteiger partial charge in [0.25, 0.3) is 0 Å². The van der Waals surface area contributed by atoms with Crippen LogP contribution in [0.5, 0.6) is 0 Å². The van der Waals surface area contributed by atoms with Gasteiger partial charge in [-0.05, 0) is 31.5 Å². The number of ether oxygens (including phenoxy) is 1. The van der Waals surface area contributed by atoms with Crippen LogP contribution < -0.4 is 0 Å². The zero-order valence-corrected chi connectivity index (χ0v) is 12.3. The Morgan fingerprint density at radius 1 is 1.47 bits per heavy atom. The van der Waals surface area contributed by atoms with Gasteiger partial charge in [-0.25, -0.2) is 9.78 Å². The van der Waals surface area contributed by atoms with E-state index in [0.29, 0.717) is 23.7 Å². The zero-order valence-electron chi connectivity index (χ0n) is 10.8. The normalized spacial score (nSPS) is 10.5. The number of benzene rings is 1. The topological polar surface area (TPSA) is 39.2 Å². The van der Waals surface area contributed by atoms with Gasteiger partial charge in [-0.1, -0.05) is 23.7 Å². The summed E-state index contributed by atoms with van der Waals surface area (Å²) in [6.45, 7) is 4.02. The van der Waals surface area contributed by atoms with Crippen LogP contribution in [0.1, 0.15) is 32.9 Å². The van der Waals surface area contributed by atoms with E-state index in [1.807, 2.05) is 31.2 Å². The first-order valence-electron chi connectivity index (χ1n) is 5.98. The number of carbonyl (C=O) groups excluding carboxylic acids is 1. The molecule has 1 aromatic heterocycles. The number of hydrogen-bond donors (Lipinski definition) is 0. The number of halogens is 1. The smallest absolute Gasteiger partial charge is 0.358 e. The van der Waals surface area contributed by atoms with Crippen molar-refractivity contribution in [2.75, 3.05) is 6.61 Å². The molecule has 0 atom stereocenters. The van der Waals surface area contributed by atoms with E-state index in [2.05, 4.69) is 4.98 Å². The summed E-state index contributed by atoms with van der Waals surface area (Å²) in [6.07, 6.45) is 0.639. The summed E-state index contributed by atoms with van der Waals surface area (Å²) in [5, 5.41) is 1.55. The Morgan fingerprint density at radius 3 is 2.95 bits per heavy atom. The molecule has 0 fully saturated rings. The van der Waals surface area contributed by atoms with Crippen molar-refractivity contribution in [3.8, 4) is 0 Å². The quantitative estimate of drug-likeness (QED) is 0.804. The highest BCUT2D eigenvalue weighted by Gasteiger charge is 2.18. The molecule has 2 aromatic rings. The minimum atomic E-state index is -0.358. The second-order valence-electron chi connectivity index (χ2n) is 4.03. The second-order valence-corrected chi connectivity index (χ2v) is 5.76. The number of nitrogens with zero attached hydrogens (tertiary/aromatic N) is 1. The summed E-state index contributed by atoms with van der Waals surface area (Å²) in [5.41, 5.74) is 1.48. The standard InChI is InChI=1S/C14H14ClNO2S/c1-3-18-14(17)13-12(19-9(2)16-13)8-10-5-4-6-11(15)7-10/h4-7H,3,8H2,1-2H3. The molecule has 5 heteroatoms. The number of thiazole rings is 1. The van der Waals surface area contributed by atoms with Crippen molar-refractivity contribution in [1.29, 1.82) is 0 Å². The van der Waals surface area contributed by atoms with Crippen LogP contribution in [0, 0.1) is 6.92 Å². The van der Waals surface area contributed by atoms with Crippen molar-refractivity contribution in [3.63, 3.8) is 0 Å². The van der Waals surface area contributed by atoms with E-state index in [1.54, 1.807) is 6.92 Å². The molecule has 0 bridgehead atoms. The SMILES string of the molecule is CCOC(=O)c1nc(C)sc1Cc1cccc(Cl)c1. The average Bonchev–Trinajstić information content (AvgIpc) is 2.70. The fourth-order valence-corrected chi connectivity index (χ4v) is 2.95. The molecule has 19 heavy (non-hydrogen) atoms. The Labute approximate surface area is 121 Å². The fraction of sp³-hybridized carbons (Fsp3) is 0.286. The second kappa shape index (κ2) is 6.17. The molecule has 0 aliphatic rings. The number of hydrogen-bond acceptors (Lipinski definition) is 4. The van der Waals surface area contributed by atoms with Gasteiger partial charge < -0.3 is 4.74 Å². The van der Waals surface area contributed by atoms with Crippen LogP contribution in [-0.2, 0) is 11.2 Å². The van der Waals surface area contributed by atoms with Crippen molar-refractivity contribution in [2.45, 2.75) is 20.3 Å². The van der Waals surface area contributed by atoms with Crippen LogP contribution in [0.25, 0.3) is 0 Å². The molecular formula is C14H14ClNO2S. The summed E-state index contributed by atoms with van der Waals surface area (Å²) in [4.78, 5) is 17.0. The van der Waals surface area contributed by atoms with Gasteiger partial charge in [-0.3, -0.25) is 0 Å². The maximum absolute atomic E-state index is 11.8. The predicted molar refractivity (Wildman–Crippen MR) is 77.1 cm³/mol. The first-order valence-corrected chi connectivity index (χ1v) is 7.17. The van der Waals surface area contributed by atoms with E-state index >= 15 is 0 Å². The average molecular weight is 296 g/mol. The molecule has 0 radical (unpaired) electrons. The number of aromatic nitrogens is 1. The Bertz CT molecular complexity index is 595. The van der Waals surface area contributed by atoms with E-state index in [0.717, 1.165) is 15.4 Å². The van der Waals surface area contributed by atoms with Gasteiger partial charge in [0.2, 0.25) is 0 Å². The van der Waals surface area contributed by atoms with Gasteiger partial charge in [0.15, 0.2) is 5.69 Å². The lowest BCUT2D eigenvalue weighted by Gasteiger charge is -2.03. The van der Waals surface area contributed by atoms with E-state index in [9.17, 15) is 4.79 Å². The first-order chi connectivity index (χ1) is 9.10. The highest BCUT2D eigenvalue weighted by molar-refractivity contribution is 7.11. The molecule has 0 N–H and O–H groups in total. The van der Waals surface area contributed by atoms with Crippen LogP contribution in [0.3, 0.4) is 0 Å². The van der Waals surface area contributed by atoms with Gasteiger partial charge in [0.05, 0.1) is 11.6 Å². The fourth-order valence-electron chi connectivity index (χ4n) is 1.78. The molecular weight excluding hydrogens is 282 g/mol. The summed E-state index contributed by atoms with van der Waals surface area (Å²) in [6, 6.07) is 7.60. The minimum absolute atomic E-state index is 0.353. The van der Waals surface area contributed by atoms with E-state index in [-0.39, 0.29) is 5.97 Å². The van der Waals surface area contributed by atoms with Crippen LogP contribution in [0.15, 0.2) is 24.3 Å². The molecule has 0 saturated heterocycles. The van der Waals surface area contributed by atoms with Crippen LogP contribution in [-0.4, -0.2) is 17.6 Å². The summed E-state index contributed by atoms with van der Waals surface area (Å²) in [7, 11) is 0. The van der Waals surface area contributed by atoms with Crippen molar-refractivity contribution in [1.82, 2.24) is 4.98 Å². The molecule has 3 nitrogen and oxygen atoms in total. The third kappa shape index (κ3) is 3.55. The largest absolute Gasteiger partial charge is 0.461 e. The lowest BCUT2D eigenvalue weighted by Crippen LogP contribution is -2.08. The molecule has 0 spiro atoms. The number of esters is 1. The van der Waals surface area contributed by atoms with Gasteiger partial charge in [-0.15, -0.1) is 11.3 Å². The van der Waals surface area contributed by atoms with Gasteiger partial charge >= 0.3 is 5.97 Å². The zero-order chi connectivity index (χ0) is 13.8. The summed E-state index contributed by atoms with van der Waals surface area (Å²) < 4.78 is 5.02. The molecule has 2 rings (SSSR count). The molecule has 1 heterocycles. The lowest BCUT2D eigenvalue weighted by atomic mass is 10.1. The maximum atomic E-state index is 11.8. The Kier molecular flexibility index (Phi) is 4.56. The number of rotatable bonds is 4. The minimum Gasteiger partial charge on any atom is -0.461 e. The monoisotopic (exact) mass is 295 g/mol. The molecule has 0 amide bonds. The van der Waals surface area contributed by atoms with Gasteiger partial charge in [0.1, 0.15) is 0 Å². The Balaban J connectivity index is 2.27. The molecule has 0 unspecified atom stereocenters. The Hall–Kier alpha value is -1.39. The van der Waals surface area contributed by atoms with E-state index in [1.165, 1.54) is 11.3 Å². The summed E-state index contributed by atoms with van der Waals surface area (Å²) in [5.74, 6) is -0.358. The molecule has 0 aliphatic heterocycles. The third-order valence-electron chi connectivity index (χ3n) is 2.53. The summed E-state index contributed by atoms with van der Waals surface area (Å²) >= 11 is 7.48. The van der Waals surface area contributed by atoms with Crippen LogP contribution in [0.4, 0.5) is 0 Å². The van der Waals surface area contributed by atoms with Gasteiger partial charge in [-0.2, -0.15) is 0 Å². The Morgan fingerprint density at radius 2 is 2.26 bits per heavy atom. The maximum Gasteiger partial charge on any atom is 0.358 e. The highest BCUT2D eigenvalue weighted by atomic mass is 35.5. The first kappa shape index (κ1) is 14.0. The van der Waals surface area contributed by atoms with Crippen LogP contribution in [0.2, 0.25) is 5.02 Å². The van der Waals surface area contributed by atoms with E-state index in [4.69, 9.17) is 16.3 Å². The molecule has 100 valence electrons. The van der Waals surface area contributed by atoms with Crippen molar-refractivity contribution in [2.24, 2.45) is 0 Å². The van der Waals surface area contributed by atoms with Crippen molar-refractivity contribution >= 4 is 28.9 Å². The molecule has 0 saturated carbocycles. The van der Waals surface area contributed by atoms with Crippen molar-refractivity contribution < 1.29 is 9.53 Å². The van der Waals surface area contributed by atoms with Crippen molar-refractivity contribution in [3.05, 3.63) is 50.4 Å². The van der Waals surface area contributed by atoms with Gasteiger partial charge in [0, 0.05) is 16.3 Å². The lowest BCUT2D eigenvalue weighted by molar-refractivity contribution is 0.0519. The molecule has 0 aliphatic carbocycles. The van der Waals surface area contributed by atoms with E-state index < -0.39 is 0 Å². The third-order valence-corrected chi connectivity index (χ3v) is 3.73. The highest BCUT2D eigenvalue weighted by Crippen LogP contribution is 2.23. The van der Waals surface area contributed by atoms with Crippen LogP contribution >= 0.6 is 22.9 Å². The number of carbonyl (C=O) groups is 1. The number of aryl methyl sites for hydroxylation is 1. The molecule has 1 aromatic carbocycles.